The van der Waals surface area contributed by atoms with E-state index in [4.69, 9.17) is 4.74 Å². The number of rotatable bonds is 12. The van der Waals surface area contributed by atoms with Gasteiger partial charge in [0.2, 0.25) is 5.91 Å². The maximum absolute atomic E-state index is 14.0. The third-order valence-electron chi connectivity index (χ3n) is 6.63. The van der Waals surface area contributed by atoms with E-state index in [-0.39, 0.29) is 11.8 Å². The number of aryl methyl sites for hydroxylation is 3. The molecule has 2 N–H and O–H groups in total. The van der Waals surface area contributed by atoms with E-state index >= 15 is 0 Å². The number of ether oxygens (including phenoxy) is 1. The van der Waals surface area contributed by atoms with E-state index < -0.39 is 23.8 Å². The van der Waals surface area contributed by atoms with E-state index in [1.54, 1.807) is 32.6 Å². The highest BCUT2D eigenvalue weighted by atomic mass is 16.6. The molecule has 0 saturated carbocycles. The number of para-hydroxylation sites is 1. The molecule has 2 aromatic rings. The molecule has 7 nitrogen and oxygen atoms in total. The van der Waals surface area contributed by atoms with Crippen LogP contribution in [0.3, 0.4) is 0 Å². The van der Waals surface area contributed by atoms with Crippen molar-refractivity contribution in [2.75, 3.05) is 11.9 Å². The Labute approximate surface area is 234 Å². The van der Waals surface area contributed by atoms with Gasteiger partial charge in [-0.15, -0.1) is 0 Å². The first-order valence-corrected chi connectivity index (χ1v) is 14.1. The average Bonchev–Trinajstić information content (AvgIpc) is 2.86. The van der Waals surface area contributed by atoms with Crippen LogP contribution in [0.1, 0.15) is 95.5 Å². The number of nitrogens with one attached hydrogen (secondary N) is 2. The van der Waals surface area contributed by atoms with Crippen LogP contribution < -0.4 is 10.6 Å². The normalized spacial score (nSPS) is 12.8. The predicted molar refractivity (Wildman–Crippen MR) is 158 cm³/mol. The molecule has 0 aliphatic heterocycles. The van der Waals surface area contributed by atoms with Gasteiger partial charge in [-0.05, 0) is 76.6 Å². The van der Waals surface area contributed by atoms with E-state index in [0.717, 1.165) is 60.0 Å². The van der Waals surface area contributed by atoms with E-state index in [1.807, 2.05) is 56.3 Å². The van der Waals surface area contributed by atoms with Gasteiger partial charge in [-0.3, -0.25) is 9.59 Å². The number of unbranched alkanes of at least 4 members (excludes halogenated alkanes) is 3. The van der Waals surface area contributed by atoms with Crippen molar-refractivity contribution in [1.82, 2.24) is 10.2 Å². The van der Waals surface area contributed by atoms with E-state index in [2.05, 4.69) is 24.5 Å². The van der Waals surface area contributed by atoms with Crippen LogP contribution in [0.25, 0.3) is 0 Å². The van der Waals surface area contributed by atoms with Crippen LogP contribution in [-0.2, 0) is 20.7 Å². The van der Waals surface area contributed by atoms with Gasteiger partial charge in [-0.2, -0.15) is 0 Å². The van der Waals surface area contributed by atoms with Crippen LogP contribution in [0.4, 0.5) is 10.5 Å². The Morgan fingerprint density at radius 2 is 1.54 bits per heavy atom. The van der Waals surface area contributed by atoms with E-state index in [1.165, 1.54) is 0 Å². The summed E-state index contributed by atoms with van der Waals surface area (Å²) >= 11 is 0. The van der Waals surface area contributed by atoms with Crippen LogP contribution in [0.2, 0.25) is 0 Å². The minimum Gasteiger partial charge on any atom is -0.444 e. The Kier molecular flexibility index (Phi) is 12.0. The highest BCUT2D eigenvalue weighted by Gasteiger charge is 2.35. The summed E-state index contributed by atoms with van der Waals surface area (Å²) in [4.78, 5) is 42.0. The van der Waals surface area contributed by atoms with Crippen LogP contribution in [0.15, 0.2) is 42.5 Å². The summed E-state index contributed by atoms with van der Waals surface area (Å²) in [5.74, 6) is -0.622. The van der Waals surface area contributed by atoms with Crippen molar-refractivity contribution in [3.05, 3.63) is 64.7 Å². The molecule has 7 heteroatoms. The molecule has 0 fully saturated rings. The van der Waals surface area contributed by atoms with Crippen LogP contribution in [-0.4, -0.2) is 41.0 Å². The first-order chi connectivity index (χ1) is 18.4. The smallest absolute Gasteiger partial charge is 0.408 e. The second kappa shape index (κ2) is 14.7. The van der Waals surface area contributed by atoms with Gasteiger partial charge in [0.1, 0.15) is 17.7 Å². The molecule has 3 amide bonds. The highest BCUT2D eigenvalue weighted by molar-refractivity contribution is 5.99. The quantitative estimate of drug-likeness (QED) is 0.289. The van der Waals surface area contributed by atoms with E-state index in [0.29, 0.717) is 6.54 Å². The highest BCUT2D eigenvalue weighted by Crippen LogP contribution is 2.28. The lowest BCUT2D eigenvalue weighted by Crippen LogP contribution is -2.51. The Hall–Kier alpha value is -3.35. The van der Waals surface area contributed by atoms with Crippen LogP contribution in [0, 0.1) is 13.8 Å². The fourth-order valence-electron chi connectivity index (χ4n) is 4.48. The molecule has 0 aliphatic rings. The molecule has 214 valence electrons. The molecule has 0 heterocycles. The molecular formula is C32H47N3O4. The summed E-state index contributed by atoms with van der Waals surface area (Å²) < 4.78 is 5.37. The van der Waals surface area contributed by atoms with Crippen molar-refractivity contribution >= 4 is 23.6 Å². The van der Waals surface area contributed by atoms with Gasteiger partial charge >= 0.3 is 6.09 Å². The summed E-state index contributed by atoms with van der Waals surface area (Å²) in [6.07, 6.45) is 3.99. The third kappa shape index (κ3) is 9.72. The Bertz CT molecular complexity index is 1090. The van der Waals surface area contributed by atoms with Crippen molar-refractivity contribution < 1.29 is 19.1 Å². The molecule has 0 spiro atoms. The fraction of sp³-hybridized carbons (Fsp3) is 0.531. The lowest BCUT2D eigenvalue weighted by molar-refractivity contribution is -0.140. The maximum Gasteiger partial charge on any atom is 0.408 e. The molecule has 0 radical (unpaired) electrons. The van der Waals surface area contributed by atoms with E-state index in [9.17, 15) is 14.4 Å². The lowest BCUT2D eigenvalue weighted by atomic mass is 9.99. The topological polar surface area (TPSA) is 87.7 Å². The third-order valence-corrected chi connectivity index (χ3v) is 6.63. The molecule has 2 atom stereocenters. The minimum atomic E-state index is -0.878. The summed E-state index contributed by atoms with van der Waals surface area (Å²) in [7, 11) is 0. The maximum atomic E-state index is 14.0. The van der Waals surface area contributed by atoms with Crippen molar-refractivity contribution in [3.63, 3.8) is 0 Å². The van der Waals surface area contributed by atoms with Gasteiger partial charge in [-0.25, -0.2) is 4.79 Å². The minimum absolute atomic E-state index is 0.287. The largest absolute Gasteiger partial charge is 0.444 e. The van der Waals surface area contributed by atoms with Crippen molar-refractivity contribution in [2.24, 2.45) is 0 Å². The molecule has 2 rings (SSSR count). The predicted octanol–water partition coefficient (Wildman–Crippen LogP) is 6.87. The molecule has 2 aromatic carbocycles. The zero-order valence-electron chi connectivity index (χ0n) is 25.0. The molecule has 0 bridgehead atoms. The second-order valence-electron chi connectivity index (χ2n) is 11.2. The SMILES string of the molecule is CCCCCCN(C(=O)C(C)NC(=O)OC(C)(C)C)C(C(=O)Nc1c(C)cccc1C)c1ccc(CC)cc1. The number of nitrogens with zero attached hydrogens (tertiary/aromatic N) is 1. The molecular weight excluding hydrogens is 490 g/mol. The summed E-state index contributed by atoms with van der Waals surface area (Å²) in [5.41, 5.74) is 3.82. The number of alkyl carbamates (subject to hydrolysis) is 1. The number of anilines is 1. The zero-order valence-corrected chi connectivity index (χ0v) is 25.0. The Morgan fingerprint density at radius 3 is 2.08 bits per heavy atom. The zero-order chi connectivity index (χ0) is 29.2. The molecule has 39 heavy (non-hydrogen) atoms. The number of hydrogen-bond acceptors (Lipinski definition) is 4. The number of carbonyl (C=O) groups excluding carboxylic acids is 3. The first-order valence-electron chi connectivity index (χ1n) is 14.1. The molecule has 0 aromatic heterocycles. The number of benzene rings is 2. The Morgan fingerprint density at radius 1 is 0.923 bits per heavy atom. The van der Waals surface area contributed by atoms with Crippen molar-refractivity contribution in [3.8, 4) is 0 Å². The van der Waals surface area contributed by atoms with Gasteiger partial charge in [0.05, 0.1) is 0 Å². The first kappa shape index (κ1) is 31.9. The van der Waals surface area contributed by atoms with Crippen molar-refractivity contribution in [2.45, 2.75) is 105 Å². The standard InChI is InChI=1S/C32H47N3O4/c1-9-11-12-13-21-35(30(37)24(5)33-31(38)39-32(6,7)8)28(26-19-17-25(10-2)18-20-26)29(36)34-27-22(3)15-14-16-23(27)4/h14-20,24,28H,9-13,21H2,1-8H3,(H,33,38)(H,34,36). The molecule has 0 aliphatic carbocycles. The van der Waals surface area contributed by atoms with Gasteiger partial charge in [0.15, 0.2) is 0 Å². The number of amides is 3. The Balaban J connectivity index is 2.48. The summed E-state index contributed by atoms with van der Waals surface area (Å²) in [5, 5.41) is 5.77. The number of carbonyl (C=O) groups is 3. The molecule has 2 unspecified atom stereocenters. The average molecular weight is 538 g/mol. The lowest BCUT2D eigenvalue weighted by Gasteiger charge is -2.34. The van der Waals surface area contributed by atoms with Gasteiger partial charge in [0, 0.05) is 12.2 Å². The van der Waals surface area contributed by atoms with Gasteiger partial charge in [-0.1, -0.05) is 75.6 Å². The van der Waals surface area contributed by atoms with Gasteiger partial charge < -0.3 is 20.3 Å². The second-order valence-corrected chi connectivity index (χ2v) is 11.2. The van der Waals surface area contributed by atoms with Crippen molar-refractivity contribution in [1.29, 1.82) is 0 Å². The monoisotopic (exact) mass is 537 g/mol. The summed E-state index contributed by atoms with van der Waals surface area (Å²) in [6.45, 7) is 15.4. The number of hydrogen-bond donors (Lipinski definition) is 2. The van der Waals surface area contributed by atoms with Gasteiger partial charge in [0.25, 0.3) is 5.91 Å². The van der Waals surface area contributed by atoms with Crippen LogP contribution in [0.5, 0.6) is 0 Å². The summed E-state index contributed by atoms with van der Waals surface area (Å²) in [6, 6.07) is 12.0. The fourth-order valence-corrected chi connectivity index (χ4v) is 4.48. The molecule has 0 saturated heterocycles. The van der Waals surface area contributed by atoms with Crippen LogP contribution >= 0.6 is 0 Å².